The first-order valence-electron chi connectivity index (χ1n) is 5.56. The highest BCUT2D eigenvalue weighted by atomic mass is 32.2. The van der Waals surface area contributed by atoms with Crippen LogP contribution >= 0.6 is 11.8 Å². The summed E-state index contributed by atoms with van der Waals surface area (Å²) in [5, 5.41) is 9.36. The van der Waals surface area contributed by atoms with E-state index in [4.69, 9.17) is 5.73 Å². The van der Waals surface area contributed by atoms with E-state index < -0.39 is 0 Å². The quantitative estimate of drug-likeness (QED) is 0.610. The molecule has 1 atom stereocenters. The van der Waals surface area contributed by atoms with Gasteiger partial charge in [-0.15, -0.1) is 0 Å². The van der Waals surface area contributed by atoms with E-state index in [1.165, 1.54) is 17.1 Å². The molecule has 4 heteroatoms. The van der Waals surface area contributed by atoms with Crippen molar-refractivity contribution in [1.29, 1.82) is 0 Å². The maximum Gasteiger partial charge on any atom is 0.138 e. The maximum absolute atomic E-state index is 9.36. The van der Waals surface area contributed by atoms with Gasteiger partial charge in [0.05, 0.1) is 5.69 Å². The lowest BCUT2D eigenvalue weighted by atomic mass is 10.1. The number of nitrogen functional groups attached to an aromatic ring is 1. The molecule has 1 aromatic rings. The van der Waals surface area contributed by atoms with Crippen molar-refractivity contribution in [3.05, 3.63) is 23.8 Å². The predicted octanol–water partition coefficient (Wildman–Crippen LogP) is 1.91. The lowest BCUT2D eigenvalue weighted by molar-refractivity contribution is 0.224. The molecule has 1 aliphatic heterocycles. The molecule has 1 unspecified atom stereocenters. The maximum atomic E-state index is 9.36. The first-order valence-corrected chi connectivity index (χ1v) is 6.71. The zero-order chi connectivity index (χ0) is 11.5. The smallest absolute Gasteiger partial charge is 0.138 e. The normalized spacial score (nSPS) is 22.2. The third-order valence-electron chi connectivity index (χ3n) is 2.98. The van der Waals surface area contributed by atoms with Crippen LogP contribution in [0.1, 0.15) is 12.5 Å². The third kappa shape index (κ3) is 2.62. The van der Waals surface area contributed by atoms with Gasteiger partial charge >= 0.3 is 0 Å². The van der Waals surface area contributed by atoms with Gasteiger partial charge < -0.3 is 10.8 Å². The Balaban J connectivity index is 2.05. The van der Waals surface area contributed by atoms with Crippen LogP contribution < -0.4 is 5.73 Å². The molecule has 0 amide bonds. The van der Waals surface area contributed by atoms with Gasteiger partial charge in [-0.1, -0.05) is 6.07 Å². The fourth-order valence-corrected chi connectivity index (χ4v) is 3.02. The molecule has 16 heavy (non-hydrogen) atoms. The Morgan fingerprint density at radius 2 is 2.38 bits per heavy atom. The minimum Gasteiger partial charge on any atom is -0.506 e. The summed E-state index contributed by atoms with van der Waals surface area (Å²) in [6.07, 6.45) is 0. The molecule has 0 spiro atoms. The van der Waals surface area contributed by atoms with Crippen LogP contribution in [0.3, 0.4) is 0 Å². The highest BCUT2D eigenvalue weighted by Crippen LogP contribution is 2.23. The summed E-state index contributed by atoms with van der Waals surface area (Å²) >= 11 is 2.02. The van der Waals surface area contributed by atoms with E-state index in [1.54, 1.807) is 6.07 Å². The SMILES string of the molecule is CC1CSCCN1Cc1ccc(O)c(N)c1. The standard InChI is InChI=1S/C12H18N2OS/c1-9-8-16-5-4-14(9)7-10-2-3-12(15)11(13)6-10/h2-3,6,9,15H,4-5,7-8,13H2,1H3. The summed E-state index contributed by atoms with van der Waals surface area (Å²) in [6, 6.07) is 6.10. The molecule has 1 aliphatic rings. The lowest BCUT2D eigenvalue weighted by Gasteiger charge is -2.33. The molecule has 0 saturated carbocycles. The molecular weight excluding hydrogens is 220 g/mol. The van der Waals surface area contributed by atoms with Crippen molar-refractivity contribution in [1.82, 2.24) is 4.90 Å². The van der Waals surface area contributed by atoms with Crippen molar-refractivity contribution in [2.45, 2.75) is 19.5 Å². The van der Waals surface area contributed by atoms with Gasteiger partial charge in [-0.25, -0.2) is 0 Å². The fraction of sp³-hybridized carbons (Fsp3) is 0.500. The van der Waals surface area contributed by atoms with Gasteiger partial charge in [0.1, 0.15) is 5.75 Å². The second kappa shape index (κ2) is 4.97. The van der Waals surface area contributed by atoms with E-state index in [1.807, 2.05) is 23.9 Å². The number of hydrogen-bond acceptors (Lipinski definition) is 4. The number of aromatic hydroxyl groups is 1. The number of anilines is 1. The molecule has 0 aromatic heterocycles. The first-order chi connectivity index (χ1) is 7.66. The van der Waals surface area contributed by atoms with Crippen LogP contribution in [0.15, 0.2) is 18.2 Å². The highest BCUT2D eigenvalue weighted by Gasteiger charge is 2.18. The fourth-order valence-electron chi connectivity index (χ4n) is 1.93. The van der Waals surface area contributed by atoms with Crippen LogP contribution in [-0.2, 0) is 6.54 Å². The van der Waals surface area contributed by atoms with Gasteiger partial charge in [-0.2, -0.15) is 11.8 Å². The summed E-state index contributed by atoms with van der Waals surface area (Å²) in [5.41, 5.74) is 7.33. The van der Waals surface area contributed by atoms with Crippen LogP contribution in [0.25, 0.3) is 0 Å². The number of phenolic OH excluding ortho intramolecular Hbond substituents is 1. The van der Waals surface area contributed by atoms with Crippen LogP contribution in [0.5, 0.6) is 5.75 Å². The number of nitrogens with two attached hydrogens (primary N) is 1. The van der Waals surface area contributed by atoms with E-state index in [2.05, 4.69) is 11.8 Å². The molecule has 1 saturated heterocycles. The number of benzene rings is 1. The molecular formula is C12H18N2OS. The second-order valence-corrected chi connectivity index (χ2v) is 5.44. The summed E-state index contributed by atoms with van der Waals surface area (Å²) < 4.78 is 0. The first kappa shape index (κ1) is 11.6. The highest BCUT2D eigenvalue weighted by molar-refractivity contribution is 7.99. The topological polar surface area (TPSA) is 49.5 Å². The van der Waals surface area contributed by atoms with E-state index in [0.717, 1.165) is 13.1 Å². The lowest BCUT2D eigenvalue weighted by Crippen LogP contribution is -2.39. The average Bonchev–Trinajstić information content (AvgIpc) is 2.27. The van der Waals surface area contributed by atoms with E-state index >= 15 is 0 Å². The summed E-state index contributed by atoms with van der Waals surface area (Å²) in [6.45, 7) is 4.31. The summed E-state index contributed by atoms with van der Waals surface area (Å²) in [4.78, 5) is 2.46. The molecule has 0 radical (unpaired) electrons. The Morgan fingerprint density at radius 1 is 1.56 bits per heavy atom. The van der Waals surface area contributed by atoms with Crippen molar-refractivity contribution in [2.75, 3.05) is 23.8 Å². The van der Waals surface area contributed by atoms with Crippen molar-refractivity contribution in [2.24, 2.45) is 0 Å². The molecule has 88 valence electrons. The molecule has 1 fully saturated rings. The molecule has 2 rings (SSSR count). The number of thioether (sulfide) groups is 1. The number of hydrogen-bond donors (Lipinski definition) is 2. The van der Waals surface area contributed by atoms with Crippen molar-refractivity contribution in [3.63, 3.8) is 0 Å². The molecule has 3 nitrogen and oxygen atoms in total. The van der Waals surface area contributed by atoms with Crippen LogP contribution in [-0.4, -0.2) is 34.1 Å². The molecule has 1 aromatic carbocycles. The van der Waals surface area contributed by atoms with Crippen LogP contribution in [0, 0.1) is 0 Å². The monoisotopic (exact) mass is 238 g/mol. The molecule has 1 heterocycles. The minimum atomic E-state index is 0.172. The van der Waals surface area contributed by atoms with E-state index in [0.29, 0.717) is 11.7 Å². The Labute approximate surface area is 101 Å². The third-order valence-corrected chi connectivity index (χ3v) is 4.17. The molecule has 0 bridgehead atoms. The minimum absolute atomic E-state index is 0.172. The predicted molar refractivity (Wildman–Crippen MR) is 69.7 cm³/mol. The van der Waals surface area contributed by atoms with Crippen molar-refractivity contribution < 1.29 is 5.11 Å². The largest absolute Gasteiger partial charge is 0.506 e. The van der Waals surface area contributed by atoms with Gasteiger partial charge in [0.15, 0.2) is 0 Å². The van der Waals surface area contributed by atoms with Gasteiger partial charge in [0.2, 0.25) is 0 Å². The number of nitrogens with zero attached hydrogens (tertiary/aromatic N) is 1. The average molecular weight is 238 g/mol. The van der Waals surface area contributed by atoms with Crippen molar-refractivity contribution >= 4 is 17.4 Å². The van der Waals surface area contributed by atoms with Gasteiger partial charge in [0.25, 0.3) is 0 Å². The van der Waals surface area contributed by atoms with Gasteiger partial charge in [-0.3, -0.25) is 4.90 Å². The van der Waals surface area contributed by atoms with Gasteiger partial charge in [-0.05, 0) is 24.6 Å². The molecule has 0 aliphatic carbocycles. The number of rotatable bonds is 2. The van der Waals surface area contributed by atoms with E-state index in [-0.39, 0.29) is 5.75 Å². The van der Waals surface area contributed by atoms with Gasteiger partial charge in [0, 0.05) is 30.6 Å². The zero-order valence-corrected chi connectivity index (χ0v) is 10.3. The van der Waals surface area contributed by atoms with E-state index in [9.17, 15) is 5.11 Å². The van der Waals surface area contributed by atoms with Crippen LogP contribution in [0.4, 0.5) is 5.69 Å². The second-order valence-electron chi connectivity index (χ2n) is 4.29. The summed E-state index contributed by atoms with van der Waals surface area (Å²) in [5.74, 6) is 2.58. The zero-order valence-electron chi connectivity index (χ0n) is 9.52. The number of phenols is 1. The molecule has 3 N–H and O–H groups in total. The summed E-state index contributed by atoms with van der Waals surface area (Å²) in [7, 11) is 0. The Kier molecular flexibility index (Phi) is 3.61. The van der Waals surface area contributed by atoms with Crippen LogP contribution in [0.2, 0.25) is 0 Å². The Morgan fingerprint density at radius 3 is 3.06 bits per heavy atom. The Hall–Kier alpha value is -0.870. The Bertz CT molecular complexity index is 370. The van der Waals surface area contributed by atoms with Crippen molar-refractivity contribution in [3.8, 4) is 5.75 Å².